The van der Waals surface area contributed by atoms with E-state index in [9.17, 15) is 14.3 Å². The Kier molecular flexibility index (Phi) is 8.19. The van der Waals surface area contributed by atoms with Gasteiger partial charge in [0.15, 0.2) is 0 Å². The molecule has 7 heteroatoms. The molecule has 2 aromatic carbocycles. The molecular formula is C27H35FN2O4. The van der Waals surface area contributed by atoms with Gasteiger partial charge >= 0.3 is 6.03 Å². The molecule has 34 heavy (non-hydrogen) atoms. The van der Waals surface area contributed by atoms with E-state index >= 15 is 0 Å². The van der Waals surface area contributed by atoms with Gasteiger partial charge in [-0.1, -0.05) is 42.5 Å². The van der Waals surface area contributed by atoms with Crippen molar-refractivity contribution in [2.75, 3.05) is 6.61 Å². The fourth-order valence-electron chi connectivity index (χ4n) is 4.91. The fraction of sp³-hybridized carbons (Fsp3) is 0.519. The first-order valence-corrected chi connectivity index (χ1v) is 12.3. The number of rotatable bonds is 7. The third-order valence-electron chi connectivity index (χ3n) is 6.64. The number of hydrogen-bond donors (Lipinski definition) is 3. The van der Waals surface area contributed by atoms with E-state index in [2.05, 4.69) is 10.6 Å². The number of nitrogens with one attached hydrogen (secondary N) is 2. The maximum absolute atomic E-state index is 14.1. The van der Waals surface area contributed by atoms with Crippen LogP contribution in [0.3, 0.4) is 0 Å². The highest BCUT2D eigenvalue weighted by Gasteiger charge is 2.42. The van der Waals surface area contributed by atoms with Gasteiger partial charge in [0.25, 0.3) is 0 Å². The summed E-state index contributed by atoms with van der Waals surface area (Å²) in [4.78, 5) is 12.4. The number of aliphatic hydroxyl groups excluding tert-OH is 1. The summed E-state index contributed by atoms with van der Waals surface area (Å²) >= 11 is 0. The Bertz CT molecular complexity index is 952. The zero-order valence-electron chi connectivity index (χ0n) is 19.9. The van der Waals surface area contributed by atoms with Crippen LogP contribution in [0.15, 0.2) is 48.5 Å². The highest BCUT2D eigenvalue weighted by Crippen LogP contribution is 2.33. The van der Waals surface area contributed by atoms with E-state index in [4.69, 9.17) is 9.47 Å². The molecule has 5 atom stereocenters. The van der Waals surface area contributed by atoms with Crippen LogP contribution in [0.5, 0.6) is 0 Å². The Balaban J connectivity index is 1.41. The molecule has 0 unspecified atom stereocenters. The average Bonchev–Trinajstić information content (AvgIpc) is 2.82. The summed E-state index contributed by atoms with van der Waals surface area (Å²) in [7, 11) is 0. The smallest absolute Gasteiger partial charge is 0.315 e. The highest BCUT2D eigenvalue weighted by atomic mass is 19.1. The van der Waals surface area contributed by atoms with Gasteiger partial charge in [-0.15, -0.1) is 0 Å². The number of halogens is 1. The summed E-state index contributed by atoms with van der Waals surface area (Å²) in [5, 5.41) is 15.5. The summed E-state index contributed by atoms with van der Waals surface area (Å²) in [6, 6.07) is 14.4. The second-order valence-electron chi connectivity index (χ2n) is 9.60. The van der Waals surface area contributed by atoms with Crippen LogP contribution < -0.4 is 10.6 Å². The fourth-order valence-corrected chi connectivity index (χ4v) is 4.91. The molecule has 2 saturated heterocycles. The van der Waals surface area contributed by atoms with Gasteiger partial charge in [0, 0.05) is 11.6 Å². The summed E-state index contributed by atoms with van der Waals surface area (Å²) in [6.07, 6.45) is 3.34. The maximum Gasteiger partial charge on any atom is 0.315 e. The van der Waals surface area contributed by atoms with Gasteiger partial charge < -0.3 is 25.2 Å². The monoisotopic (exact) mass is 470 g/mol. The van der Waals surface area contributed by atoms with E-state index in [1.165, 1.54) is 6.07 Å². The summed E-state index contributed by atoms with van der Waals surface area (Å²) in [5.74, 6) is -0.230. The van der Waals surface area contributed by atoms with Gasteiger partial charge in [0.2, 0.25) is 0 Å². The van der Waals surface area contributed by atoms with Crippen LogP contribution in [-0.4, -0.2) is 54.2 Å². The van der Waals surface area contributed by atoms with E-state index in [-0.39, 0.29) is 55.0 Å². The number of benzene rings is 2. The number of aliphatic hydroxyl groups is 1. The molecule has 6 nitrogen and oxygen atoms in total. The largest absolute Gasteiger partial charge is 0.394 e. The van der Waals surface area contributed by atoms with Gasteiger partial charge in [-0.25, -0.2) is 9.18 Å². The number of ether oxygens (including phenoxy) is 2. The molecule has 0 aliphatic carbocycles. The minimum Gasteiger partial charge on any atom is -0.394 e. The number of aryl methyl sites for hydroxylation is 1. The molecule has 0 bridgehead atoms. The van der Waals surface area contributed by atoms with Crippen molar-refractivity contribution in [3.05, 3.63) is 59.9 Å². The molecule has 2 aromatic rings. The average molecular weight is 471 g/mol. The second-order valence-corrected chi connectivity index (χ2v) is 9.60. The minimum atomic E-state index is -0.230. The van der Waals surface area contributed by atoms with Crippen LogP contribution in [-0.2, 0) is 15.9 Å². The first-order chi connectivity index (χ1) is 16.4. The molecule has 2 aliphatic heterocycles. The second kappa shape index (κ2) is 11.3. The normalized spacial score (nSPS) is 26.7. The lowest BCUT2D eigenvalue weighted by Crippen LogP contribution is -2.59. The van der Waals surface area contributed by atoms with Crippen LogP contribution >= 0.6 is 0 Å². The SMILES string of the molecule is CC(C)NC(=O)N[C@H]1C[C@@H]2O[C@H](CO)CC[C@@H]2O[C@@H]1CCc1ccc(-c2ccccc2F)cc1. The molecule has 2 fully saturated rings. The predicted molar refractivity (Wildman–Crippen MR) is 129 cm³/mol. The van der Waals surface area contributed by atoms with Crippen molar-refractivity contribution in [1.29, 1.82) is 0 Å². The van der Waals surface area contributed by atoms with E-state index in [0.29, 0.717) is 12.0 Å². The number of carbonyl (C=O) groups is 1. The molecule has 0 radical (unpaired) electrons. The zero-order valence-corrected chi connectivity index (χ0v) is 19.9. The van der Waals surface area contributed by atoms with E-state index in [0.717, 1.165) is 36.8 Å². The Morgan fingerprint density at radius 3 is 2.56 bits per heavy atom. The Labute approximate surface area is 200 Å². The summed E-state index contributed by atoms with van der Waals surface area (Å²) in [5.41, 5.74) is 2.58. The lowest BCUT2D eigenvalue weighted by Gasteiger charge is -2.45. The first-order valence-electron chi connectivity index (χ1n) is 12.3. The van der Waals surface area contributed by atoms with Gasteiger partial charge in [-0.3, -0.25) is 0 Å². The van der Waals surface area contributed by atoms with Crippen molar-refractivity contribution in [1.82, 2.24) is 10.6 Å². The maximum atomic E-state index is 14.1. The lowest BCUT2D eigenvalue weighted by atomic mass is 9.88. The third kappa shape index (κ3) is 6.14. The van der Waals surface area contributed by atoms with Gasteiger partial charge in [0.05, 0.1) is 37.1 Å². The van der Waals surface area contributed by atoms with Gasteiger partial charge in [-0.05, 0) is 63.1 Å². The first kappa shape index (κ1) is 24.6. The molecule has 2 amide bonds. The summed E-state index contributed by atoms with van der Waals surface area (Å²) in [6.45, 7) is 3.85. The molecule has 2 heterocycles. The van der Waals surface area contributed by atoms with Crippen molar-refractivity contribution < 1.29 is 23.8 Å². The van der Waals surface area contributed by atoms with Gasteiger partial charge in [-0.2, -0.15) is 0 Å². The van der Waals surface area contributed by atoms with E-state index < -0.39 is 0 Å². The number of fused-ring (bicyclic) bond motifs is 1. The van der Waals surface area contributed by atoms with Gasteiger partial charge in [0.1, 0.15) is 5.82 Å². The standard InChI is InChI=1S/C27H35FN2O4/c1-17(2)29-27(32)30-23-15-26-25(14-12-20(16-31)33-26)34-24(23)13-9-18-7-10-19(11-8-18)21-5-3-4-6-22(21)28/h3-8,10-11,17,20,23-26,31H,9,12-16H2,1-2H3,(H2,29,30,32)/t20-,23-,24+,25-,26-/m0/s1. The van der Waals surface area contributed by atoms with Crippen molar-refractivity contribution in [2.45, 2.75) is 82.5 Å². The molecule has 184 valence electrons. The van der Waals surface area contributed by atoms with Crippen LogP contribution in [0.4, 0.5) is 9.18 Å². The molecule has 3 N–H and O–H groups in total. The summed E-state index contributed by atoms with van der Waals surface area (Å²) < 4.78 is 26.6. The van der Waals surface area contributed by atoms with E-state index in [1.807, 2.05) is 44.2 Å². The molecule has 2 aliphatic rings. The van der Waals surface area contributed by atoms with Crippen LogP contribution in [0.2, 0.25) is 0 Å². The number of carbonyl (C=O) groups excluding carboxylic acids is 1. The van der Waals surface area contributed by atoms with Crippen molar-refractivity contribution in [3.63, 3.8) is 0 Å². The zero-order chi connectivity index (χ0) is 24.1. The van der Waals surface area contributed by atoms with Crippen molar-refractivity contribution in [2.24, 2.45) is 0 Å². The topological polar surface area (TPSA) is 79.8 Å². The lowest BCUT2D eigenvalue weighted by molar-refractivity contribution is -0.201. The molecule has 4 rings (SSSR count). The Morgan fingerprint density at radius 1 is 1.09 bits per heavy atom. The third-order valence-corrected chi connectivity index (χ3v) is 6.64. The predicted octanol–water partition coefficient (Wildman–Crippen LogP) is 4.20. The van der Waals surface area contributed by atoms with Crippen LogP contribution in [0, 0.1) is 5.82 Å². The van der Waals surface area contributed by atoms with Crippen LogP contribution in [0.25, 0.3) is 11.1 Å². The number of amides is 2. The quantitative estimate of drug-likeness (QED) is 0.567. The number of hydrogen-bond acceptors (Lipinski definition) is 4. The van der Waals surface area contributed by atoms with Crippen LogP contribution in [0.1, 0.15) is 45.1 Å². The van der Waals surface area contributed by atoms with Crippen molar-refractivity contribution in [3.8, 4) is 11.1 Å². The van der Waals surface area contributed by atoms with Crippen molar-refractivity contribution >= 4 is 6.03 Å². The number of urea groups is 1. The Morgan fingerprint density at radius 2 is 1.85 bits per heavy atom. The molecule has 0 spiro atoms. The minimum absolute atomic E-state index is 0.00144. The molecule has 0 saturated carbocycles. The highest BCUT2D eigenvalue weighted by molar-refractivity contribution is 5.74. The van der Waals surface area contributed by atoms with E-state index in [1.54, 1.807) is 12.1 Å². The molecular weight excluding hydrogens is 435 g/mol. The molecule has 0 aromatic heterocycles. The Hall–Kier alpha value is -2.48.